The van der Waals surface area contributed by atoms with Gasteiger partial charge in [0.2, 0.25) is 0 Å². The van der Waals surface area contributed by atoms with Crippen LogP contribution in [-0.4, -0.2) is 44.9 Å². The van der Waals surface area contributed by atoms with Crippen LogP contribution in [0, 0.1) is 0 Å². The molecule has 1 aliphatic heterocycles. The van der Waals surface area contributed by atoms with Gasteiger partial charge in [0.1, 0.15) is 5.75 Å². The quantitative estimate of drug-likeness (QED) is 0.843. The zero-order valence-electron chi connectivity index (χ0n) is 17.2. The van der Waals surface area contributed by atoms with Gasteiger partial charge in [-0.1, -0.05) is 20.8 Å². The number of aromatic nitrogens is 2. The number of aromatic hydroxyl groups is 1. The third-order valence-electron chi connectivity index (χ3n) is 4.97. The van der Waals surface area contributed by atoms with Crippen LogP contribution >= 0.6 is 0 Å². The lowest BCUT2D eigenvalue weighted by atomic mass is 9.84. The van der Waals surface area contributed by atoms with E-state index in [1.165, 1.54) is 16.8 Å². The van der Waals surface area contributed by atoms with Crippen molar-refractivity contribution in [3.63, 3.8) is 0 Å². The molecular formula is C21H29N3O4. The molecule has 0 bridgehead atoms. The summed E-state index contributed by atoms with van der Waals surface area (Å²) in [6.07, 6.45) is 1.71. The molecule has 7 heteroatoms. The van der Waals surface area contributed by atoms with Crippen LogP contribution in [0.4, 0.5) is 0 Å². The van der Waals surface area contributed by atoms with Crippen molar-refractivity contribution in [3.05, 3.63) is 56.4 Å². The van der Waals surface area contributed by atoms with E-state index in [0.29, 0.717) is 12.2 Å². The van der Waals surface area contributed by atoms with Crippen LogP contribution in [0.15, 0.2) is 34.0 Å². The first-order valence-corrected chi connectivity index (χ1v) is 9.61. The number of rotatable bonds is 3. The molecule has 7 nitrogen and oxygen atoms in total. The molecule has 152 valence electrons. The summed E-state index contributed by atoms with van der Waals surface area (Å²) >= 11 is 0. The lowest BCUT2D eigenvalue weighted by Gasteiger charge is -2.35. The summed E-state index contributed by atoms with van der Waals surface area (Å²) in [5, 5.41) is 11.0. The van der Waals surface area contributed by atoms with Gasteiger partial charge in [-0.3, -0.25) is 19.2 Å². The van der Waals surface area contributed by atoms with Gasteiger partial charge < -0.3 is 9.84 Å². The first-order valence-electron chi connectivity index (χ1n) is 9.61. The van der Waals surface area contributed by atoms with Gasteiger partial charge in [0.25, 0.3) is 5.56 Å². The Morgan fingerprint density at radius 3 is 2.39 bits per heavy atom. The molecule has 2 aromatic rings. The second-order valence-electron chi connectivity index (χ2n) is 8.68. The van der Waals surface area contributed by atoms with Crippen molar-refractivity contribution in [2.45, 2.75) is 58.8 Å². The van der Waals surface area contributed by atoms with E-state index in [9.17, 15) is 14.7 Å². The first kappa shape index (κ1) is 20.4. The number of phenolic OH excluding ortho intramolecular Hbond substituents is 1. The molecule has 2 heterocycles. The van der Waals surface area contributed by atoms with E-state index in [4.69, 9.17) is 4.74 Å². The van der Waals surface area contributed by atoms with Crippen molar-refractivity contribution in [1.29, 1.82) is 0 Å². The number of benzene rings is 1. The van der Waals surface area contributed by atoms with Gasteiger partial charge in [-0.15, -0.1) is 0 Å². The minimum absolute atomic E-state index is 0.123. The maximum absolute atomic E-state index is 12.3. The van der Waals surface area contributed by atoms with E-state index >= 15 is 0 Å². The van der Waals surface area contributed by atoms with E-state index in [1.54, 1.807) is 0 Å². The maximum Gasteiger partial charge on any atom is 0.332 e. The summed E-state index contributed by atoms with van der Waals surface area (Å²) in [4.78, 5) is 28.2. The van der Waals surface area contributed by atoms with Crippen molar-refractivity contribution in [1.82, 2.24) is 14.5 Å². The largest absolute Gasteiger partial charge is 0.507 e. The Morgan fingerprint density at radius 2 is 1.82 bits per heavy atom. The second-order valence-corrected chi connectivity index (χ2v) is 8.68. The molecule has 0 spiro atoms. The Balaban J connectivity index is 2.08. The van der Waals surface area contributed by atoms with Crippen molar-refractivity contribution >= 4 is 0 Å². The fourth-order valence-electron chi connectivity index (χ4n) is 3.78. The number of phenols is 1. The van der Waals surface area contributed by atoms with Crippen LogP contribution in [0.2, 0.25) is 0 Å². The second kappa shape index (κ2) is 7.56. The van der Waals surface area contributed by atoms with Gasteiger partial charge in [-0.2, -0.15) is 0 Å². The number of aromatic amines is 1. The zero-order chi connectivity index (χ0) is 20.6. The van der Waals surface area contributed by atoms with E-state index in [-0.39, 0.29) is 23.4 Å². The number of ether oxygens (including phenoxy) is 1. The molecular weight excluding hydrogens is 358 g/mol. The topological polar surface area (TPSA) is 87.6 Å². The smallest absolute Gasteiger partial charge is 0.332 e. The average molecular weight is 387 g/mol. The molecule has 0 saturated carbocycles. The lowest BCUT2D eigenvalue weighted by Crippen LogP contribution is -2.44. The highest BCUT2D eigenvalue weighted by atomic mass is 16.5. The fraction of sp³-hybridized carbons (Fsp3) is 0.524. The third-order valence-corrected chi connectivity index (χ3v) is 4.97. The minimum atomic E-state index is -0.502. The van der Waals surface area contributed by atoms with Crippen LogP contribution in [0.3, 0.4) is 0 Å². The highest BCUT2D eigenvalue weighted by Crippen LogP contribution is 2.36. The van der Waals surface area contributed by atoms with E-state index in [1.807, 2.05) is 46.8 Å². The zero-order valence-corrected chi connectivity index (χ0v) is 17.2. The van der Waals surface area contributed by atoms with E-state index in [0.717, 1.165) is 24.2 Å². The first-order chi connectivity index (χ1) is 13.0. The molecule has 1 aromatic carbocycles. The Morgan fingerprint density at radius 1 is 1.18 bits per heavy atom. The predicted octanol–water partition coefficient (Wildman–Crippen LogP) is 2.14. The van der Waals surface area contributed by atoms with E-state index in [2.05, 4.69) is 9.88 Å². The van der Waals surface area contributed by atoms with Gasteiger partial charge in [0.15, 0.2) is 0 Å². The Bertz CT molecular complexity index is 961. The molecule has 2 atom stereocenters. The highest BCUT2D eigenvalue weighted by Gasteiger charge is 2.26. The van der Waals surface area contributed by atoms with Crippen molar-refractivity contribution < 1.29 is 9.84 Å². The Labute approximate surface area is 164 Å². The summed E-state index contributed by atoms with van der Waals surface area (Å²) in [5.41, 5.74) is 0.875. The summed E-state index contributed by atoms with van der Waals surface area (Å²) < 4.78 is 7.19. The lowest BCUT2D eigenvalue weighted by molar-refractivity contribution is -0.0706. The van der Waals surface area contributed by atoms with E-state index < -0.39 is 11.2 Å². The SMILES string of the molecule is CC1CN(Cc2cc(-n3ccc(=O)[nH]c3=O)cc(C(C)(C)C)c2O)CC(C)O1. The van der Waals surface area contributed by atoms with Crippen LogP contribution in [0.25, 0.3) is 5.69 Å². The molecule has 1 saturated heterocycles. The minimum Gasteiger partial charge on any atom is -0.507 e. The van der Waals surface area contributed by atoms with Crippen LogP contribution < -0.4 is 11.2 Å². The predicted molar refractivity (Wildman–Crippen MR) is 108 cm³/mol. The third kappa shape index (κ3) is 4.36. The number of nitrogens with zero attached hydrogens (tertiary/aromatic N) is 2. The van der Waals surface area contributed by atoms with Crippen molar-refractivity contribution in [2.24, 2.45) is 0 Å². The summed E-state index contributed by atoms with van der Waals surface area (Å²) in [6.45, 7) is 12.2. The van der Waals surface area contributed by atoms with Gasteiger partial charge in [0.05, 0.1) is 17.9 Å². The summed E-state index contributed by atoms with van der Waals surface area (Å²) in [7, 11) is 0. The summed E-state index contributed by atoms with van der Waals surface area (Å²) in [6, 6.07) is 4.94. The van der Waals surface area contributed by atoms with Crippen LogP contribution in [0.1, 0.15) is 45.7 Å². The maximum atomic E-state index is 12.3. The number of nitrogens with one attached hydrogen (secondary N) is 1. The Hall–Kier alpha value is -2.38. The molecule has 3 rings (SSSR count). The van der Waals surface area contributed by atoms with Gasteiger partial charge in [-0.05, 0) is 31.4 Å². The van der Waals surface area contributed by atoms with Crippen molar-refractivity contribution in [2.75, 3.05) is 13.1 Å². The van der Waals surface area contributed by atoms with Crippen molar-refractivity contribution in [3.8, 4) is 11.4 Å². The molecule has 2 unspecified atom stereocenters. The van der Waals surface area contributed by atoms with Gasteiger partial charge >= 0.3 is 5.69 Å². The molecule has 1 aliphatic rings. The highest BCUT2D eigenvalue weighted by molar-refractivity contribution is 5.52. The normalized spacial score (nSPS) is 21.0. The standard InChI is InChI=1S/C21H29N3O4/c1-13-10-23(11-14(2)28-13)12-15-8-16(9-17(19(15)26)21(3,4)5)24-7-6-18(25)22-20(24)27/h6-9,13-14,26H,10-12H2,1-5H3,(H,22,25,27). The van der Waals surface area contributed by atoms with Gasteiger partial charge in [0, 0.05) is 43.0 Å². The molecule has 0 aliphatic carbocycles. The van der Waals surface area contributed by atoms with Crippen LogP contribution in [-0.2, 0) is 16.7 Å². The summed E-state index contributed by atoms with van der Waals surface area (Å²) in [5.74, 6) is 0.250. The number of hydrogen-bond donors (Lipinski definition) is 2. The molecule has 0 amide bonds. The molecule has 0 radical (unpaired) electrons. The fourth-order valence-corrected chi connectivity index (χ4v) is 3.78. The molecule has 28 heavy (non-hydrogen) atoms. The molecule has 2 N–H and O–H groups in total. The van der Waals surface area contributed by atoms with Gasteiger partial charge in [-0.25, -0.2) is 4.79 Å². The molecule has 1 fully saturated rings. The van der Waals surface area contributed by atoms with Crippen LogP contribution in [0.5, 0.6) is 5.75 Å². The number of hydrogen-bond acceptors (Lipinski definition) is 5. The molecule has 1 aromatic heterocycles. The number of morpholine rings is 1. The Kier molecular flexibility index (Phi) is 5.50. The monoisotopic (exact) mass is 387 g/mol. The number of H-pyrrole nitrogens is 1. The average Bonchev–Trinajstić information content (AvgIpc) is 2.55.